The van der Waals surface area contributed by atoms with Crippen LogP contribution in [-0.2, 0) is 10.0 Å². The predicted octanol–water partition coefficient (Wildman–Crippen LogP) is 3.55. The van der Waals surface area contributed by atoms with E-state index >= 15 is 0 Å². The molecule has 1 aromatic carbocycles. The summed E-state index contributed by atoms with van der Waals surface area (Å²) in [7, 11) is -3.56. The van der Waals surface area contributed by atoms with Crippen molar-refractivity contribution in [3.05, 3.63) is 45.2 Å². The summed E-state index contributed by atoms with van der Waals surface area (Å²) in [5, 5.41) is 0. The number of sulfonamides is 1. The third kappa shape index (κ3) is 3.77. The Bertz CT molecular complexity index is 820. The number of hydrazine groups is 1. The minimum absolute atomic E-state index is 0.161. The second-order valence-electron chi connectivity index (χ2n) is 5.70. The van der Waals surface area contributed by atoms with Gasteiger partial charge >= 0.3 is 0 Å². The van der Waals surface area contributed by atoms with E-state index in [0.717, 1.165) is 21.3 Å². The first-order valence-corrected chi connectivity index (χ1v) is 10.3. The van der Waals surface area contributed by atoms with Gasteiger partial charge in [0.1, 0.15) is 4.21 Å². The highest BCUT2D eigenvalue weighted by atomic mass is 79.9. The van der Waals surface area contributed by atoms with Crippen molar-refractivity contribution < 1.29 is 8.42 Å². The lowest BCUT2D eigenvalue weighted by Gasteiger charge is -2.08. The SMILES string of the molecule is Cc1cc(NS(=O)(=O)c2ccc(C3CC(C)NN3)s2)ccc1Br. The molecule has 1 aromatic heterocycles. The molecule has 8 heteroatoms. The number of benzene rings is 1. The van der Waals surface area contributed by atoms with Gasteiger partial charge in [0, 0.05) is 21.1 Å². The Kier molecular flexibility index (Phi) is 4.80. The fourth-order valence-corrected chi connectivity index (χ4v) is 5.17. The van der Waals surface area contributed by atoms with E-state index in [1.54, 1.807) is 18.2 Å². The third-order valence-electron chi connectivity index (χ3n) is 3.71. The Morgan fingerprint density at radius 1 is 1.26 bits per heavy atom. The molecule has 5 nitrogen and oxygen atoms in total. The van der Waals surface area contributed by atoms with Crippen molar-refractivity contribution in [2.24, 2.45) is 0 Å². The fourth-order valence-electron chi connectivity index (χ4n) is 2.48. The molecule has 0 radical (unpaired) electrons. The van der Waals surface area contributed by atoms with E-state index in [9.17, 15) is 8.42 Å². The van der Waals surface area contributed by atoms with Gasteiger partial charge in [-0.05, 0) is 56.2 Å². The van der Waals surface area contributed by atoms with Gasteiger partial charge in [0.25, 0.3) is 10.0 Å². The van der Waals surface area contributed by atoms with E-state index in [1.807, 2.05) is 19.1 Å². The van der Waals surface area contributed by atoms with Crippen molar-refractivity contribution in [1.29, 1.82) is 0 Å². The molecular formula is C15H18BrN3O2S2. The lowest BCUT2D eigenvalue weighted by Crippen LogP contribution is -2.28. The van der Waals surface area contributed by atoms with E-state index in [-0.39, 0.29) is 6.04 Å². The van der Waals surface area contributed by atoms with Gasteiger partial charge in [0.05, 0.1) is 6.04 Å². The average molecular weight is 416 g/mol. The average Bonchev–Trinajstić information content (AvgIpc) is 3.11. The molecule has 3 rings (SSSR count). The number of rotatable bonds is 4. The fraction of sp³-hybridized carbons (Fsp3) is 0.333. The summed E-state index contributed by atoms with van der Waals surface area (Å²) in [5.74, 6) is 0. The summed E-state index contributed by atoms with van der Waals surface area (Å²) in [5.41, 5.74) is 7.89. The third-order valence-corrected chi connectivity index (χ3v) is 7.68. The van der Waals surface area contributed by atoms with Crippen LogP contribution < -0.4 is 15.6 Å². The molecule has 0 aliphatic carbocycles. The van der Waals surface area contributed by atoms with Crippen LogP contribution in [0.3, 0.4) is 0 Å². The summed E-state index contributed by atoms with van der Waals surface area (Å²) < 4.78 is 29.0. The first-order chi connectivity index (χ1) is 10.8. The number of anilines is 1. The van der Waals surface area contributed by atoms with Crippen molar-refractivity contribution in [3.63, 3.8) is 0 Å². The van der Waals surface area contributed by atoms with Crippen molar-refractivity contribution in [1.82, 2.24) is 10.9 Å². The largest absolute Gasteiger partial charge is 0.279 e. The van der Waals surface area contributed by atoms with Crippen LogP contribution in [0.4, 0.5) is 5.69 Å². The van der Waals surface area contributed by atoms with Crippen LogP contribution in [0.25, 0.3) is 0 Å². The summed E-state index contributed by atoms with van der Waals surface area (Å²) in [6, 6.07) is 9.47. The van der Waals surface area contributed by atoms with Gasteiger partial charge in [-0.15, -0.1) is 11.3 Å². The van der Waals surface area contributed by atoms with Gasteiger partial charge in [0.2, 0.25) is 0 Å². The minimum Gasteiger partial charge on any atom is -0.279 e. The number of nitrogens with one attached hydrogen (secondary N) is 3. The topological polar surface area (TPSA) is 70.2 Å². The highest BCUT2D eigenvalue weighted by Crippen LogP contribution is 2.32. The summed E-state index contributed by atoms with van der Waals surface area (Å²) in [6.45, 7) is 4.01. The molecule has 2 atom stereocenters. The Morgan fingerprint density at radius 2 is 2.04 bits per heavy atom. The van der Waals surface area contributed by atoms with Crippen molar-refractivity contribution in [3.8, 4) is 0 Å². The van der Waals surface area contributed by atoms with Crippen LogP contribution in [0.15, 0.2) is 39.0 Å². The van der Waals surface area contributed by atoms with Gasteiger partial charge in [0.15, 0.2) is 0 Å². The van der Waals surface area contributed by atoms with Crippen LogP contribution in [0, 0.1) is 6.92 Å². The van der Waals surface area contributed by atoms with E-state index in [2.05, 4.69) is 38.4 Å². The van der Waals surface area contributed by atoms with Gasteiger partial charge < -0.3 is 0 Å². The molecule has 0 bridgehead atoms. The maximum absolute atomic E-state index is 12.5. The second-order valence-corrected chi connectivity index (χ2v) is 9.58. The molecule has 3 N–H and O–H groups in total. The Hall–Kier alpha value is -0.930. The standard InChI is InChI=1S/C15H18BrN3O2S2/c1-9-7-11(3-4-12(9)16)19-23(20,21)15-6-5-14(22-15)13-8-10(2)17-18-13/h3-7,10,13,17-19H,8H2,1-2H3. The maximum atomic E-state index is 12.5. The molecular weight excluding hydrogens is 398 g/mol. The van der Waals surface area contributed by atoms with E-state index in [4.69, 9.17) is 0 Å². The van der Waals surface area contributed by atoms with Crippen molar-refractivity contribution in [2.45, 2.75) is 36.6 Å². The lowest BCUT2D eigenvalue weighted by molar-refractivity contribution is 0.564. The molecule has 0 spiro atoms. The zero-order valence-electron chi connectivity index (χ0n) is 12.8. The zero-order chi connectivity index (χ0) is 16.6. The molecule has 2 aromatic rings. The number of hydrogen-bond acceptors (Lipinski definition) is 5. The molecule has 2 heterocycles. The van der Waals surface area contributed by atoms with Crippen LogP contribution in [0.1, 0.15) is 29.8 Å². The van der Waals surface area contributed by atoms with Crippen LogP contribution in [0.5, 0.6) is 0 Å². The molecule has 0 amide bonds. The smallest absolute Gasteiger partial charge is 0.271 e. The number of thiophene rings is 1. The maximum Gasteiger partial charge on any atom is 0.271 e. The van der Waals surface area contributed by atoms with Crippen LogP contribution in [0.2, 0.25) is 0 Å². The quantitative estimate of drug-likeness (QED) is 0.713. The number of aryl methyl sites for hydroxylation is 1. The summed E-state index contributed by atoms with van der Waals surface area (Å²) in [4.78, 5) is 1.02. The lowest BCUT2D eigenvalue weighted by atomic mass is 10.1. The molecule has 1 aliphatic heterocycles. The van der Waals surface area contributed by atoms with Gasteiger partial charge in [-0.25, -0.2) is 13.8 Å². The first kappa shape index (κ1) is 16.9. The van der Waals surface area contributed by atoms with E-state index in [1.165, 1.54) is 11.3 Å². The monoisotopic (exact) mass is 415 g/mol. The summed E-state index contributed by atoms with van der Waals surface area (Å²) in [6.07, 6.45) is 0.944. The Balaban J connectivity index is 1.79. The number of halogens is 1. The molecule has 1 aliphatic rings. The zero-order valence-corrected chi connectivity index (χ0v) is 16.0. The van der Waals surface area contributed by atoms with Gasteiger partial charge in [-0.1, -0.05) is 15.9 Å². The predicted molar refractivity (Wildman–Crippen MR) is 97.1 cm³/mol. The van der Waals surface area contributed by atoms with Crippen molar-refractivity contribution >= 4 is 43.0 Å². The molecule has 124 valence electrons. The Labute approximate surface area is 148 Å². The molecule has 23 heavy (non-hydrogen) atoms. The van der Waals surface area contributed by atoms with E-state index in [0.29, 0.717) is 15.9 Å². The first-order valence-electron chi connectivity index (χ1n) is 7.25. The normalized spacial score (nSPS) is 21.5. The van der Waals surface area contributed by atoms with Crippen LogP contribution in [-0.4, -0.2) is 14.5 Å². The molecule has 0 saturated carbocycles. The number of hydrogen-bond donors (Lipinski definition) is 3. The summed E-state index contributed by atoms with van der Waals surface area (Å²) >= 11 is 4.72. The van der Waals surface area contributed by atoms with Crippen LogP contribution >= 0.6 is 27.3 Å². The second kappa shape index (κ2) is 6.52. The van der Waals surface area contributed by atoms with Gasteiger partial charge in [-0.3, -0.25) is 10.1 Å². The van der Waals surface area contributed by atoms with Gasteiger partial charge in [-0.2, -0.15) is 0 Å². The molecule has 1 saturated heterocycles. The molecule has 2 unspecified atom stereocenters. The minimum atomic E-state index is -3.56. The Morgan fingerprint density at radius 3 is 2.70 bits per heavy atom. The highest BCUT2D eigenvalue weighted by Gasteiger charge is 2.25. The van der Waals surface area contributed by atoms with Crippen molar-refractivity contribution in [2.75, 3.05) is 4.72 Å². The molecule has 1 fully saturated rings. The van der Waals surface area contributed by atoms with E-state index < -0.39 is 10.0 Å². The highest BCUT2D eigenvalue weighted by molar-refractivity contribution is 9.10.